The summed E-state index contributed by atoms with van der Waals surface area (Å²) in [7, 11) is 4.00. The van der Waals surface area contributed by atoms with E-state index in [9.17, 15) is 0 Å². The molecule has 0 aromatic rings. The quantitative estimate of drug-likeness (QED) is 0.464. The van der Waals surface area contributed by atoms with Crippen LogP contribution in [0.5, 0.6) is 0 Å². The van der Waals surface area contributed by atoms with Crippen LogP contribution in [0, 0.1) is 0 Å². The van der Waals surface area contributed by atoms with Gasteiger partial charge < -0.3 is 4.74 Å². The first kappa shape index (κ1) is 10.7. The fourth-order valence-corrected chi connectivity index (χ4v) is 2.23. The molecular weight excluding hydrogens is 267 g/mol. The highest BCUT2D eigenvalue weighted by molar-refractivity contribution is 14.1. The first-order valence-electron chi connectivity index (χ1n) is 4.31. The second kappa shape index (κ2) is 4.74. The molecule has 0 bridgehead atoms. The van der Waals surface area contributed by atoms with Crippen LogP contribution in [-0.4, -0.2) is 42.3 Å². The number of hydrogen-bond acceptors (Lipinski definition) is 3. The Kier molecular flexibility index (Phi) is 4.22. The molecule has 12 heavy (non-hydrogen) atoms. The Balaban J connectivity index is 2.20. The van der Waals surface area contributed by atoms with Gasteiger partial charge in [0.05, 0.1) is 12.2 Å². The summed E-state index contributed by atoms with van der Waals surface area (Å²) in [5.41, 5.74) is 3.29. The maximum atomic E-state index is 5.60. The molecule has 1 aliphatic rings. The van der Waals surface area contributed by atoms with Crippen molar-refractivity contribution in [3.63, 3.8) is 0 Å². The van der Waals surface area contributed by atoms with E-state index in [-0.39, 0.29) is 5.60 Å². The topological polar surface area (TPSA) is 24.5 Å². The third kappa shape index (κ3) is 2.55. The summed E-state index contributed by atoms with van der Waals surface area (Å²) < 4.78 is 6.71. The summed E-state index contributed by atoms with van der Waals surface area (Å²) in [5.74, 6) is 0. The largest absolute Gasteiger partial charge is 0.374 e. The number of halogens is 1. The van der Waals surface area contributed by atoms with Gasteiger partial charge in [-0.1, -0.05) is 22.6 Å². The summed E-state index contributed by atoms with van der Waals surface area (Å²) in [6, 6.07) is 0. The van der Waals surface area contributed by atoms with Crippen LogP contribution < -0.4 is 5.43 Å². The summed E-state index contributed by atoms with van der Waals surface area (Å²) in [5, 5.41) is 2.09. The Hall–Kier alpha value is 0.610. The van der Waals surface area contributed by atoms with Crippen LogP contribution >= 0.6 is 22.6 Å². The van der Waals surface area contributed by atoms with Gasteiger partial charge in [0, 0.05) is 24.4 Å². The van der Waals surface area contributed by atoms with Crippen molar-refractivity contribution in [1.29, 1.82) is 0 Å². The number of nitrogens with zero attached hydrogens (tertiary/aromatic N) is 1. The van der Waals surface area contributed by atoms with E-state index in [4.69, 9.17) is 4.74 Å². The highest BCUT2D eigenvalue weighted by Gasteiger charge is 2.36. The second-order valence-corrected chi connectivity index (χ2v) is 4.07. The summed E-state index contributed by atoms with van der Waals surface area (Å²) in [6.45, 7) is 2.01. The van der Waals surface area contributed by atoms with Gasteiger partial charge in [-0.2, -0.15) is 0 Å². The van der Waals surface area contributed by atoms with E-state index in [0.29, 0.717) is 0 Å². The molecule has 1 fully saturated rings. The van der Waals surface area contributed by atoms with Crippen LogP contribution in [0.4, 0.5) is 0 Å². The molecule has 1 unspecified atom stereocenters. The van der Waals surface area contributed by atoms with E-state index in [0.717, 1.165) is 24.0 Å². The highest BCUT2D eigenvalue weighted by Crippen LogP contribution is 2.31. The third-order valence-electron chi connectivity index (χ3n) is 2.49. The van der Waals surface area contributed by atoms with Gasteiger partial charge in [-0.3, -0.25) is 5.43 Å². The van der Waals surface area contributed by atoms with Gasteiger partial charge in [-0.15, -0.1) is 0 Å². The van der Waals surface area contributed by atoms with Gasteiger partial charge in [0.15, 0.2) is 0 Å². The lowest BCUT2D eigenvalue weighted by Gasteiger charge is -2.41. The molecule has 1 aliphatic heterocycles. The molecular formula is C8H17IN2O. The second-order valence-electron chi connectivity index (χ2n) is 3.31. The minimum Gasteiger partial charge on any atom is -0.374 e. The van der Waals surface area contributed by atoms with Gasteiger partial charge >= 0.3 is 0 Å². The summed E-state index contributed by atoms with van der Waals surface area (Å²) in [6.07, 6.45) is 2.36. The highest BCUT2D eigenvalue weighted by atomic mass is 127. The Morgan fingerprint density at radius 3 is 2.67 bits per heavy atom. The molecule has 0 aromatic carbocycles. The molecule has 1 N–H and O–H groups in total. The van der Waals surface area contributed by atoms with Crippen LogP contribution in [0.3, 0.4) is 0 Å². The van der Waals surface area contributed by atoms with Gasteiger partial charge in [0.25, 0.3) is 0 Å². The van der Waals surface area contributed by atoms with Crippen molar-refractivity contribution in [2.45, 2.75) is 18.4 Å². The molecule has 0 aromatic heterocycles. The van der Waals surface area contributed by atoms with Gasteiger partial charge in [0.1, 0.15) is 0 Å². The summed E-state index contributed by atoms with van der Waals surface area (Å²) in [4.78, 5) is 0. The van der Waals surface area contributed by atoms with Crippen molar-refractivity contribution >= 4 is 22.6 Å². The van der Waals surface area contributed by atoms with E-state index in [1.807, 2.05) is 7.05 Å². The molecule has 0 aliphatic carbocycles. The molecule has 4 heteroatoms. The van der Waals surface area contributed by atoms with Gasteiger partial charge in [-0.25, -0.2) is 5.01 Å². The molecule has 1 rings (SSSR count). The standard InChI is InChI=1S/C8H17IN2O/c1-10-11(2)5-3-8(7-9)4-6-12-8/h10H,3-7H2,1-2H3. The van der Waals surface area contributed by atoms with Crippen molar-refractivity contribution in [3.8, 4) is 0 Å². The van der Waals surface area contributed by atoms with Crippen LogP contribution in [0.2, 0.25) is 0 Å². The molecule has 1 atom stereocenters. The van der Waals surface area contributed by atoms with E-state index in [1.165, 1.54) is 6.42 Å². The van der Waals surface area contributed by atoms with E-state index < -0.39 is 0 Å². The number of ether oxygens (including phenoxy) is 1. The number of hydrogen-bond donors (Lipinski definition) is 1. The summed E-state index contributed by atoms with van der Waals surface area (Å²) >= 11 is 2.41. The number of nitrogens with one attached hydrogen (secondary N) is 1. The lowest BCUT2D eigenvalue weighted by Crippen LogP contribution is -2.48. The zero-order valence-corrected chi connectivity index (χ0v) is 9.93. The SMILES string of the molecule is CNN(C)CCC1(CI)CCO1. The predicted octanol–water partition coefficient (Wildman–Crippen LogP) is 1.04. The Morgan fingerprint density at radius 2 is 2.33 bits per heavy atom. The van der Waals surface area contributed by atoms with Gasteiger partial charge in [0.2, 0.25) is 0 Å². The van der Waals surface area contributed by atoms with E-state index in [1.54, 1.807) is 0 Å². The minimum absolute atomic E-state index is 0.200. The Morgan fingerprint density at radius 1 is 1.67 bits per heavy atom. The average molecular weight is 284 g/mol. The molecule has 0 amide bonds. The van der Waals surface area contributed by atoms with Crippen molar-refractivity contribution < 1.29 is 4.74 Å². The van der Waals surface area contributed by atoms with Crippen LogP contribution in [0.25, 0.3) is 0 Å². The lowest BCUT2D eigenvalue weighted by atomic mass is 9.93. The van der Waals surface area contributed by atoms with Crippen molar-refractivity contribution in [2.75, 3.05) is 31.7 Å². The molecule has 0 spiro atoms. The van der Waals surface area contributed by atoms with Crippen molar-refractivity contribution in [2.24, 2.45) is 0 Å². The molecule has 3 nitrogen and oxygen atoms in total. The first-order valence-corrected chi connectivity index (χ1v) is 5.83. The number of rotatable bonds is 5. The molecule has 0 radical (unpaired) electrons. The minimum atomic E-state index is 0.200. The Bertz CT molecular complexity index is 134. The lowest BCUT2D eigenvalue weighted by molar-refractivity contribution is -0.135. The maximum Gasteiger partial charge on any atom is 0.0806 e. The predicted molar refractivity (Wildman–Crippen MR) is 58.5 cm³/mol. The normalized spacial score (nSPS) is 29.0. The van der Waals surface area contributed by atoms with Crippen molar-refractivity contribution in [1.82, 2.24) is 10.4 Å². The van der Waals surface area contributed by atoms with E-state index in [2.05, 4.69) is 40.1 Å². The van der Waals surface area contributed by atoms with Gasteiger partial charge in [-0.05, 0) is 13.5 Å². The van der Waals surface area contributed by atoms with Crippen LogP contribution in [0.1, 0.15) is 12.8 Å². The molecule has 72 valence electrons. The fourth-order valence-electron chi connectivity index (χ4n) is 1.24. The smallest absolute Gasteiger partial charge is 0.0806 e. The molecule has 1 heterocycles. The zero-order valence-electron chi connectivity index (χ0n) is 7.77. The third-order valence-corrected chi connectivity index (χ3v) is 3.88. The van der Waals surface area contributed by atoms with E-state index >= 15 is 0 Å². The molecule has 1 saturated heterocycles. The zero-order chi connectivity index (χ0) is 9.03. The first-order chi connectivity index (χ1) is 5.72. The van der Waals surface area contributed by atoms with Crippen molar-refractivity contribution in [3.05, 3.63) is 0 Å². The van der Waals surface area contributed by atoms with Crippen LogP contribution in [-0.2, 0) is 4.74 Å². The average Bonchev–Trinajstić information content (AvgIpc) is 2.03. The molecule has 0 saturated carbocycles. The fraction of sp³-hybridized carbons (Fsp3) is 1.00. The Labute approximate surface area is 87.9 Å². The monoisotopic (exact) mass is 284 g/mol. The van der Waals surface area contributed by atoms with Crippen LogP contribution in [0.15, 0.2) is 0 Å². The maximum absolute atomic E-state index is 5.60. The number of hydrazine groups is 1. The number of alkyl halides is 1.